The Labute approximate surface area is 194 Å². The van der Waals surface area contributed by atoms with Crippen molar-refractivity contribution in [3.05, 3.63) is 39.9 Å². The number of amides is 2. The summed E-state index contributed by atoms with van der Waals surface area (Å²) in [6, 6.07) is 5.40. The number of hydrogen-bond acceptors (Lipinski definition) is 6. The maximum absolute atomic E-state index is 13.1. The number of non-ortho nitro benzene ring substituents is 1. The summed E-state index contributed by atoms with van der Waals surface area (Å²) < 4.78 is 5.35. The minimum atomic E-state index is -0.707. The van der Waals surface area contributed by atoms with Gasteiger partial charge in [0.1, 0.15) is 11.6 Å². The lowest BCUT2D eigenvalue weighted by molar-refractivity contribution is -0.384. The Kier molecular flexibility index (Phi) is 9.81. The summed E-state index contributed by atoms with van der Waals surface area (Å²) in [5.41, 5.74) is 0.126. The van der Waals surface area contributed by atoms with Crippen LogP contribution in [0.2, 0.25) is 0 Å². The molecule has 178 valence electrons. The first kappa shape index (κ1) is 26.0. The molecule has 9 heteroatoms. The molecule has 1 atom stereocenters. The molecule has 2 rings (SSSR count). The van der Waals surface area contributed by atoms with Gasteiger partial charge in [0.05, 0.1) is 4.92 Å². The minimum absolute atomic E-state index is 0.00584. The van der Waals surface area contributed by atoms with Crippen LogP contribution in [0, 0.1) is 16.0 Å². The molecule has 1 unspecified atom stereocenters. The molecule has 0 radical (unpaired) electrons. The van der Waals surface area contributed by atoms with E-state index in [1.54, 1.807) is 51.7 Å². The largest absolute Gasteiger partial charge is 0.444 e. The van der Waals surface area contributed by atoms with E-state index in [-0.39, 0.29) is 18.1 Å². The van der Waals surface area contributed by atoms with Crippen LogP contribution in [0.25, 0.3) is 0 Å². The van der Waals surface area contributed by atoms with Crippen LogP contribution in [0.5, 0.6) is 0 Å². The number of nitro benzene ring substituents is 1. The number of carbonyl (C=O) groups excluding carboxylic acids is 2. The Hall–Kier alpha value is -2.29. The summed E-state index contributed by atoms with van der Waals surface area (Å²) in [6.07, 6.45) is 5.67. The van der Waals surface area contributed by atoms with Crippen LogP contribution in [-0.2, 0) is 16.1 Å². The molecule has 0 aliphatic heterocycles. The fourth-order valence-electron chi connectivity index (χ4n) is 3.67. The van der Waals surface area contributed by atoms with E-state index in [0.717, 1.165) is 11.3 Å². The predicted octanol–water partition coefficient (Wildman–Crippen LogP) is 4.76. The van der Waals surface area contributed by atoms with Gasteiger partial charge in [-0.3, -0.25) is 14.9 Å². The van der Waals surface area contributed by atoms with Gasteiger partial charge in [-0.15, -0.1) is 0 Å². The van der Waals surface area contributed by atoms with Gasteiger partial charge in [-0.25, -0.2) is 4.79 Å². The molecule has 1 fully saturated rings. The summed E-state index contributed by atoms with van der Waals surface area (Å²) >= 11 is 1.69. The van der Waals surface area contributed by atoms with Crippen LogP contribution in [-0.4, -0.2) is 52.0 Å². The summed E-state index contributed by atoms with van der Waals surface area (Å²) in [4.78, 5) is 37.4. The van der Waals surface area contributed by atoms with Gasteiger partial charge >= 0.3 is 6.09 Å². The second-order valence-electron chi connectivity index (χ2n) is 9.36. The molecule has 1 aromatic rings. The van der Waals surface area contributed by atoms with Crippen molar-refractivity contribution in [1.82, 2.24) is 10.2 Å². The summed E-state index contributed by atoms with van der Waals surface area (Å²) in [5.74, 6) is 1.90. The molecule has 32 heavy (non-hydrogen) atoms. The van der Waals surface area contributed by atoms with E-state index in [1.807, 2.05) is 0 Å². The molecule has 0 heterocycles. The number of thioether (sulfide) groups is 1. The minimum Gasteiger partial charge on any atom is -0.444 e. The maximum atomic E-state index is 13.1. The second kappa shape index (κ2) is 12.1. The normalized spacial score (nSPS) is 15.6. The first-order valence-electron chi connectivity index (χ1n) is 11.1. The molecule has 2 amide bonds. The molecule has 0 aromatic heterocycles. The quantitative estimate of drug-likeness (QED) is 0.417. The highest BCUT2D eigenvalue weighted by Gasteiger charge is 2.27. The Balaban J connectivity index is 1.99. The lowest BCUT2D eigenvalue weighted by Gasteiger charge is -2.27. The Morgan fingerprint density at radius 1 is 1.22 bits per heavy atom. The van der Waals surface area contributed by atoms with Gasteiger partial charge in [0, 0.05) is 31.5 Å². The fourth-order valence-corrected chi connectivity index (χ4v) is 4.94. The van der Waals surface area contributed by atoms with Gasteiger partial charge in [-0.2, -0.15) is 11.8 Å². The number of nitro groups is 1. The standard InChI is InChI=1S/C23H35N3O5S/c1-23(2,3)31-22(28)24-20(16-32-15-18-8-6-5-7-9-18)21(27)25(4)14-17-10-12-19(13-11-17)26(29)30/h10-13,18,20H,5-9,14-16H2,1-4H3,(H,24,28). The highest BCUT2D eigenvalue weighted by atomic mass is 32.2. The van der Waals surface area contributed by atoms with Gasteiger partial charge in [-0.05, 0) is 50.8 Å². The van der Waals surface area contributed by atoms with E-state index in [2.05, 4.69) is 5.32 Å². The number of likely N-dealkylation sites (N-methyl/N-ethyl adjacent to an activating group) is 1. The molecule has 1 saturated carbocycles. The zero-order valence-electron chi connectivity index (χ0n) is 19.5. The molecular weight excluding hydrogens is 430 g/mol. The van der Waals surface area contributed by atoms with Crippen molar-refractivity contribution in [3.8, 4) is 0 Å². The van der Waals surface area contributed by atoms with Crippen molar-refractivity contribution in [2.45, 2.75) is 71.1 Å². The van der Waals surface area contributed by atoms with E-state index >= 15 is 0 Å². The predicted molar refractivity (Wildman–Crippen MR) is 127 cm³/mol. The lowest BCUT2D eigenvalue weighted by atomic mass is 9.91. The number of alkyl carbamates (subject to hydrolysis) is 1. The molecule has 1 aromatic carbocycles. The molecule has 8 nitrogen and oxygen atoms in total. The van der Waals surface area contributed by atoms with E-state index in [9.17, 15) is 19.7 Å². The van der Waals surface area contributed by atoms with Crippen LogP contribution in [0.15, 0.2) is 24.3 Å². The van der Waals surface area contributed by atoms with Gasteiger partial charge in [0.25, 0.3) is 5.69 Å². The zero-order valence-corrected chi connectivity index (χ0v) is 20.3. The molecule has 1 aliphatic rings. The number of rotatable bonds is 9. The van der Waals surface area contributed by atoms with Gasteiger partial charge in [0.15, 0.2) is 0 Å². The van der Waals surface area contributed by atoms with E-state index in [1.165, 1.54) is 49.1 Å². The van der Waals surface area contributed by atoms with Crippen molar-refractivity contribution >= 4 is 29.4 Å². The van der Waals surface area contributed by atoms with Crippen LogP contribution in [0.1, 0.15) is 58.4 Å². The molecule has 1 N–H and O–H groups in total. The van der Waals surface area contributed by atoms with Crippen LogP contribution < -0.4 is 5.32 Å². The van der Waals surface area contributed by atoms with Crippen molar-refractivity contribution in [2.75, 3.05) is 18.6 Å². The molecule has 1 aliphatic carbocycles. The van der Waals surface area contributed by atoms with Crippen LogP contribution in [0.3, 0.4) is 0 Å². The number of nitrogens with zero attached hydrogens (tertiary/aromatic N) is 2. The highest BCUT2D eigenvalue weighted by molar-refractivity contribution is 7.99. The highest BCUT2D eigenvalue weighted by Crippen LogP contribution is 2.27. The van der Waals surface area contributed by atoms with E-state index in [4.69, 9.17) is 4.74 Å². The number of nitrogens with one attached hydrogen (secondary N) is 1. The van der Waals surface area contributed by atoms with Gasteiger partial charge in [-0.1, -0.05) is 31.4 Å². The average molecular weight is 466 g/mol. The summed E-state index contributed by atoms with van der Waals surface area (Å²) in [7, 11) is 1.67. The van der Waals surface area contributed by atoms with Crippen molar-refractivity contribution in [2.24, 2.45) is 5.92 Å². The van der Waals surface area contributed by atoms with Crippen molar-refractivity contribution in [1.29, 1.82) is 0 Å². The third-order valence-electron chi connectivity index (χ3n) is 5.30. The number of ether oxygens (including phenoxy) is 1. The average Bonchev–Trinajstić information content (AvgIpc) is 2.72. The van der Waals surface area contributed by atoms with Crippen molar-refractivity contribution in [3.63, 3.8) is 0 Å². The third kappa shape index (κ3) is 9.06. The Morgan fingerprint density at radius 2 is 1.84 bits per heavy atom. The molecule has 0 saturated heterocycles. The second-order valence-corrected chi connectivity index (χ2v) is 10.4. The maximum Gasteiger partial charge on any atom is 0.408 e. The number of benzene rings is 1. The molecule has 0 bridgehead atoms. The molecular formula is C23H35N3O5S. The first-order valence-corrected chi connectivity index (χ1v) is 12.3. The van der Waals surface area contributed by atoms with Crippen LogP contribution >= 0.6 is 11.8 Å². The molecule has 0 spiro atoms. The Morgan fingerprint density at radius 3 is 2.41 bits per heavy atom. The summed E-state index contributed by atoms with van der Waals surface area (Å²) in [6.45, 7) is 5.63. The number of carbonyl (C=O) groups is 2. The van der Waals surface area contributed by atoms with Gasteiger partial charge < -0.3 is 15.0 Å². The SMILES string of the molecule is CN(Cc1ccc([N+](=O)[O-])cc1)C(=O)C(CSCC1CCCCC1)NC(=O)OC(C)(C)C. The van der Waals surface area contributed by atoms with Gasteiger partial charge in [0.2, 0.25) is 5.91 Å². The smallest absolute Gasteiger partial charge is 0.408 e. The lowest BCUT2D eigenvalue weighted by Crippen LogP contribution is -2.50. The first-order chi connectivity index (χ1) is 15.0. The van der Waals surface area contributed by atoms with Crippen molar-refractivity contribution < 1.29 is 19.2 Å². The fraction of sp³-hybridized carbons (Fsp3) is 0.652. The monoisotopic (exact) mass is 465 g/mol. The third-order valence-corrected chi connectivity index (χ3v) is 6.57. The van der Waals surface area contributed by atoms with E-state index < -0.39 is 22.7 Å². The topological polar surface area (TPSA) is 102 Å². The number of hydrogen-bond donors (Lipinski definition) is 1. The van der Waals surface area contributed by atoms with Crippen LogP contribution in [0.4, 0.5) is 10.5 Å². The Bertz CT molecular complexity index is 773. The van der Waals surface area contributed by atoms with E-state index in [0.29, 0.717) is 11.7 Å². The summed E-state index contributed by atoms with van der Waals surface area (Å²) in [5, 5.41) is 13.6. The zero-order chi connectivity index (χ0) is 23.7.